The van der Waals surface area contributed by atoms with Crippen molar-refractivity contribution in [1.29, 1.82) is 5.26 Å². The van der Waals surface area contributed by atoms with E-state index in [2.05, 4.69) is 26.9 Å². The Kier molecular flexibility index (Phi) is 4.28. The molecule has 2 aromatic heterocycles. The van der Waals surface area contributed by atoms with Crippen molar-refractivity contribution in [2.24, 2.45) is 0 Å². The molecule has 3 aromatic rings. The maximum absolute atomic E-state index is 9.45. The molecule has 5 heteroatoms. The fraction of sp³-hybridized carbons (Fsp3) is 0.250. The van der Waals surface area contributed by atoms with Gasteiger partial charge in [0, 0.05) is 50.5 Å². The maximum Gasteiger partial charge on any atom is 0.130 e. The van der Waals surface area contributed by atoms with E-state index in [0.717, 1.165) is 49.4 Å². The van der Waals surface area contributed by atoms with Crippen LogP contribution in [0.25, 0.3) is 10.9 Å². The molecule has 1 aliphatic heterocycles. The fourth-order valence-corrected chi connectivity index (χ4v) is 3.30. The molecule has 1 fully saturated rings. The smallest absolute Gasteiger partial charge is 0.130 e. The highest BCUT2D eigenvalue weighted by Gasteiger charge is 2.19. The lowest BCUT2D eigenvalue weighted by Gasteiger charge is -2.35. The molecule has 1 aliphatic rings. The van der Waals surface area contributed by atoms with E-state index in [0.29, 0.717) is 5.56 Å². The Morgan fingerprint density at radius 3 is 2.64 bits per heavy atom. The first kappa shape index (κ1) is 15.6. The molecule has 25 heavy (non-hydrogen) atoms. The molecule has 0 atom stereocenters. The Bertz CT molecular complexity index is 908. The summed E-state index contributed by atoms with van der Waals surface area (Å²) in [5, 5.41) is 10.4. The molecule has 0 amide bonds. The van der Waals surface area contributed by atoms with Gasteiger partial charge in [0.1, 0.15) is 5.82 Å². The molecule has 1 aromatic carbocycles. The molecular weight excluding hydrogens is 310 g/mol. The Morgan fingerprint density at radius 1 is 1.04 bits per heavy atom. The van der Waals surface area contributed by atoms with Crippen LogP contribution in [0.3, 0.4) is 0 Å². The van der Waals surface area contributed by atoms with Crippen LogP contribution in [0.1, 0.15) is 11.1 Å². The number of nitrogens with zero attached hydrogens (tertiary/aromatic N) is 5. The second-order valence-electron chi connectivity index (χ2n) is 6.28. The van der Waals surface area contributed by atoms with E-state index < -0.39 is 0 Å². The average molecular weight is 329 g/mol. The molecule has 124 valence electrons. The largest absolute Gasteiger partial charge is 0.354 e. The highest BCUT2D eigenvalue weighted by molar-refractivity contribution is 5.86. The van der Waals surface area contributed by atoms with Crippen molar-refractivity contribution >= 4 is 16.7 Å². The van der Waals surface area contributed by atoms with E-state index in [4.69, 9.17) is 4.98 Å². The van der Waals surface area contributed by atoms with Crippen molar-refractivity contribution < 1.29 is 0 Å². The molecular formula is C20H19N5. The van der Waals surface area contributed by atoms with Gasteiger partial charge in [0.25, 0.3) is 0 Å². The maximum atomic E-state index is 9.45. The summed E-state index contributed by atoms with van der Waals surface area (Å²) >= 11 is 0. The zero-order chi connectivity index (χ0) is 17.1. The lowest BCUT2D eigenvalue weighted by molar-refractivity contribution is 0.249. The number of anilines is 1. The van der Waals surface area contributed by atoms with Crippen molar-refractivity contribution in [3.8, 4) is 6.07 Å². The standard InChI is InChI=1S/C20H19N5/c21-13-17-12-20(23-19-6-2-1-5-18(17)19)25-10-8-24(9-11-25)15-16-4-3-7-22-14-16/h1-7,12,14H,8-11,15H2. The van der Waals surface area contributed by atoms with Gasteiger partial charge in [-0.25, -0.2) is 4.98 Å². The lowest BCUT2D eigenvalue weighted by Crippen LogP contribution is -2.46. The number of piperazine rings is 1. The number of benzene rings is 1. The number of rotatable bonds is 3. The zero-order valence-electron chi connectivity index (χ0n) is 14.0. The van der Waals surface area contributed by atoms with Gasteiger partial charge in [-0.3, -0.25) is 9.88 Å². The Morgan fingerprint density at radius 2 is 1.88 bits per heavy atom. The minimum absolute atomic E-state index is 0.693. The molecule has 0 radical (unpaired) electrons. The van der Waals surface area contributed by atoms with Gasteiger partial charge in [-0.15, -0.1) is 0 Å². The monoisotopic (exact) mass is 329 g/mol. The third-order valence-corrected chi connectivity index (χ3v) is 4.65. The quantitative estimate of drug-likeness (QED) is 0.739. The highest BCUT2D eigenvalue weighted by Crippen LogP contribution is 2.23. The van der Waals surface area contributed by atoms with Crippen molar-refractivity contribution in [3.63, 3.8) is 0 Å². The predicted octanol–water partition coefficient (Wildman–Crippen LogP) is 2.82. The second kappa shape index (κ2) is 6.88. The molecule has 4 rings (SSSR count). The molecule has 5 nitrogen and oxygen atoms in total. The first-order valence-corrected chi connectivity index (χ1v) is 8.49. The number of pyridine rings is 2. The van der Waals surface area contributed by atoms with E-state index in [9.17, 15) is 5.26 Å². The van der Waals surface area contributed by atoms with Gasteiger partial charge in [-0.05, 0) is 23.8 Å². The van der Waals surface area contributed by atoms with Crippen molar-refractivity contribution in [3.05, 3.63) is 66.0 Å². The normalized spacial score (nSPS) is 15.2. The van der Waals surface area contributed by atoms with Crippen LogP contribution in [-0.4, -0.2) is 41.0 Å². The van der Waals surface area contributed by atoms with Gasteiger partial charge in [-0.2, -0.15) is 5.26 Å². The summed E-state index contributed by atoms with van der Waals surface area (Å²) in [5.74, 6) is 0.899. The van der Waals surface area contributed by atoms with Gasteiger partial charge >= 0.3 is 0 Å². The van der Waals surface area contributed by atoms with Crippen LogP contribution in [0.4, 0.5) is 5.82 Å². The minimum Gasteiger partial charge on any atom is -0.354 e. The van der Waals surface area contributed by atoms with E-state index in [1.54, 1.807) is 6.20 Å². The minimum atomic E-state index is 0.693. The SMILES string of the molecule is N#Cc1cc(N2CCN(Cc3cccnc3)CC2)nc2ccccc12. The summed E-state index contributed by atoms with van der Waals surface area (Å²) in [5.41, 5.74) is 2.82. The first-order valence-electron chi connectivity index (χ1n) is 8.49. The van der Waals surface area contributed by atoms with Crippen molar-refractivity contribution in [2.75, 3.05) is 31.1 Å². The van der Waals surface area contributed by atoms with E-state index in [1.807, 2.05) is 42.6 Å². The summed E-state index contributed by atoms with van der Waals surface area (Å²) in [6.07, 6.45) is 3.73. The highest BCUT2D eigenvalue weighted by atomic mass is 15.3. The molecule has 0 saturated carbocycles. The number of fused-ring (bicyclic) bond motifs is 1. The lowest BCUT2D eigenvalue weighted by atomic mass is 10.1. The van der Waals surface area contributed by atoms with E-state index in [1.165, 1.54) is 5.56 Å². The Balaban J connectivity index is 1.49. The summed E-state index contributed by atoms with van der Waals surface area (Å²) < 4.78 is 0. The van der Waals surface area contributed by atoms with Crippen LogP contribution < -0.4 is 4.90 Å². The summed E-state index contributed by atoms with van der Waals surface area (Å²) in [4.78, 5) is 13.6. The Labute approximate surface area is 147 Å². The fourth-order valence-electron chi connectivity index (χ4n) is 3.30. The predicted molar refractivity (Wildman–Crippen MR) is 98.2 cm³/mol. The van der Waals surface area contributed by atoms with Crippen LogP contribution >= 0.6 is 0 Å². The first-order chi connectivity index (χ1) is 12.3. The van der Waals surface area contributed by atoms with Gasteiger partial charge in [0.15, 0.2) is 0 Å². The number of aromatic nitrogens is 2. The number of nitriles is 1. The zero-order valence-corrected chi connectivity index (χ0v) is 14.0. The van der Waals surface area contributed by atoms with E-state index >= 15 is 0 Å². The van der Waals surface area contributed by atoms with Gasteiger partial charge in [0.2, 0.25) is 0 Å². The molecule has 0 unspecified atom stereocenters. The average Bonchev–Trinajstić information content (AvgIpc) is 2.68. The summed E-state index contributed by atoms with van der Waals surface area (Å²) in [6, 6.07) is 16.2. The number of hydrogen-bond donors (Lipinski definition) is 0. The van der Waals surface area contributed by atoms with Gasteiger partial charge < -0.3 is 4.90 Å². The molecule has 0 N–H and O–H groups in total. The van der Waals surface area contributed by atoms with Crippen LogP contribution in [0, 0.1) is 11.3 Å². The van der Waals surface area contributed by atoms with Gasteiger partial charge in [-0.1, -0.05) is 24.3 Å². The van der Waals surface area contributed by atoms with Crippen molar-refractivity contribution in [2.45, 2.75) is 6.54 Å². The third-order valence-electron chi connectivity index (χ3n) is 4.65. The molecule has 0 bridgehead atoms. The number of para-hydroxylation sites is 1. The van der Waals surface area contributed by atoms with E-state index in [-0.39, 0.29) is 0 Å². The van der Waals surface area contributed by atoms with Crippen LogP contribution in [0.5, 0.6) is 0 Å². The summed E-state index contributed by atoms with van der Waals surface area (Å²) in [7, 11) is 0. The molecule has 3 heterocycles. The van der Waals surface area contributed by atoms with Crippen LogP contribution in [0.15, 0.2) is 54.9 Å². The third kappa shape index (κ3) is 3.30. The molecule has 0 aliphatic carbocycles. The summed E-state index contributed by atoms with van der Waals surface area (Å²) in [6.45, 7) is 4.71. The molecule has 0 spiro atoms. The molecule has 1 saturated heterocycles. The Hall–Kier alpha value is -2.97. The van der Waals surface area contributed by atoms with Crippen LogP contribution in [0.2, 0.25) is 0 Å². The second-order valence-corrected chi connectivity index (χ2v) is 6.28. The number of hydrogen-bond acceptors (Lipinski definition) is 5. The topological polar surface area (TPSA) is 56.1 Å². The van der Waals surface area contributed by atoms with Crippen LogP contribution in [-0.2, 0) is 6.54 Å². The van der Waals surface area contributed by atoms with Crippen molar-refractivity contribution in [1.82, 2.24) is 14.9 Å². The van der Waals surface area contributed by atoms with Gasteiger partial charge in [0.05, 0.1) is 17.1 Å².